The number of hydrogen-bond donors (Lipinski definition) is 1. The van der Waals surface area contributed by atoms with Crippen molar-refractivity contribution in [3.8, 4) is 11.5 Å². The molecule has 0 unspecified atom stereocenters. The molecule has 30 heavy (non-hydrogen) atoms. The quantitative estimate of drug-likeness (QED) is 0.726. The van der Waals surface area contributed by atoms with E-state index in [4.69, 9.17) is 21.1 Å². The van der Waals surface area contributed by atoms with Gasteiger partial charge in [0.1, 0.15) is 11.5 Å². The third kappa shape index (κ3) is 4.70. The highest BCUT2D eigenvalue weighted by molar-refractivity contribution is 6.30. The molecule has 0 saturated carbocycles. The number of nitrogens with one attached hydrogen (secondary N) is 1. The molecule has 2 amide bonds. The highest BCUT2D eigenvalue weighted by Crippen LogP contribution is 2.40. The Morgan fingerprint density at radius 2 is 1.93 bits per heavy atom. The fourth-order valence-corrected chi connectivity index (χ4v) is 4.05. The molecule has 2 aromatic carbocycles. The number of benzene rings is 2. The predicted molar refractivity (Wildman–Crippen MR) is 116 cm³/mol. The highest BCUT2D eigenvalue weighted by atomic mass is 35.5. The summed E-state index contributed by atoms with van der Waals surface area (Å²) in [6.07, 6.45) is 0.844. The number of ether oxygens (including phenoxy) is 2. The third-order valence-corrected chi connectivity index (χ3v) is 5.64. The first kappa shape index (κ1) is 22.0. The minimum absolute atomic E-state index is 0.0619. The first-order valence-electron chi connectivity index (χ1n) is 10.0. The van der Waals surface area contributed by atoms with Gasteiger partial charge >= 0.3 is 0 Å². The van der Waals surface area contributed by atoms with Gasteiger partial charge in [0.05, 0.1) is 20.1 Å². The molecule has 160 valence electrons. The van der Waals surface area contributed by atoms with Crippen molar-refractivity contribution in [1.82, 2.24) is 10.2 Å². The van der Waals surface area contributed by atoms with E-state index in [-0.39, 0.29) is 23.7 Å². The Morgan fingerprint density at radius 3 is 2.60 bits per heavy atom. The maximum Gasteiger partial charge on any atom is 0.253 e. The Morgan fingerprint density at radius 1 is 1.13 bits per heavy atom. The topological polar surface area (TPSA) is 67.9 Å². The number of likely N-dealkylation sites (tertiary alicyclic amines) is 1. The molecule has 1 heterocycles. The van der Waals surface area contributed by atoms with Gasteiger partial charge in [-0.05, 0) is 42.8 Å². The van der Waals surface area contributed by atoms with Crippen molar-refractivity contribution < 1.29 is 19.1 Å². The second-order valence-electron chi connectivity index (χ2n) is 7.33. The molecular formula is C23H27ClN2O4. The van der Waals surface area contributed by atoms with E-state index < -0.39 is 0 Å². The smallest absolute Gasteiger partial charge is 0.253 e. The molecule has 2 aromatic rings. The number of hydrogen-bond acceptors (Lipinski definition) is 4. The van der Waals surface area contributed by atoms with Crippen molar-refractivity contribution in [3.05, 3.63) is 58.6 Å². The Kier molecular flexibility index (Phi) is 7.21. The van der Waals surface area contributed by atoms with Gasteiger partial charge in [0.15, 0.2) is 0 Å². The summed E-state index contributed by atoms with van der Waals surface area (Å²) in [4.78, 5) is 27.8. The van der Waals surface area contributed by atoms with E-state index in [0.29, 0.717) is 41.7 Å². The Bertz CT molecular complexity index is 918. The summed E-state index contributed by atoms with van der Waals surface area (Å²) in [6.45, 7) is 3.33. The maximum atomic E-state index is 13.1. The first-order valence-corrected chi connectivity index (χ1v) is 10.4. The Balaban J connectivity index is 1.95. The molecule has 7 heteroatoms. The number of rotatable bonds is 7. The second kappa shape index (κ2) is 9.85. The lowest BCUT2D eigenvalue weighted by Gasteiger charge is -2.21. The van der Waals surface area contributed by atoms with Gasteiger partial charge in [0.2, 0.25) is 5.91 Å². The Hall–Kier alpha value is -2.73. The zero-order valence-corrected chi connectivity index (χ0v) is 18.2. The summed E-state index contributed by atoms with van der Waals surface area (Å²) in [5.41, 5.74) is 1.36. The van der Waals surface area contributed by atoms with Gasteiger partial charge in [-0.1, -0.05) is 24.6 Å². The van der Waals surface area contributed by atoms with Crippen LogP contribution in [0.15, 0.2) is 42.5 Å². The third-order valence-electron chi connectivity index (χ3n) is 5.40. The maximum absolute atomic E-state index is 13.1. The molecule has 0 spiro atoms. The molecule has 0 radical (unpaired) electrons. The molecule has 0 bridgehead atoms. The SMILES string of the molecule is CCCNC(=O)[C@@H]1CN(C(=O)c2cccc(Cl)c2)C[C@H]1c1cc(OC)ccc1OC. The van der Waals surface area contributed by atoms with Gasteiger partial charge in [0.25, 0.3) is 5.91 Å². The first-order chi connectivity index (χ1) is 14.5. The van der Waals surface area contributed by atoms with Crippen LogP contribution in [-0.2, 0) is 4.79 Å². The van der Waals surface area contributed by atoms with Gasteiger partial charge in [-0.2, -0.15) is 0 Å². The van der Waals surface area contributed by atoms with Crippen molar-refractivity contribution in [2.75, 3.05) is 33.9 Å². The van der Waals surface area contributed by atoms with E-state index in [1.165, 1.54) is 0 Å². The van der Waals surface area contributed by atoms with Gasteiger partial charge in [-0.25, -0.2) is 0 Å². The van der Waals surface area contributed by atoms with Gasteiger partial charge < -0.3 is 19.7 Å². The molecule has 3 rings (SSSR count). The van der Waals surface area contributed by atoms with Gasteiger partial charge in [-0.15, -0.1) is 0 Å². The minimum atomic E-state index is -0.388. The summed E-state index contributed by atoms with van der Waals surface area (Å²) in [5.74, 6) is 0.545. The van der Waals surface area contributed by atoms with Crippen LogP contribution in [0.5, 0.6) is 11.5 Å². The van der Waals surface area contributed by atoms with E-state index in [0.717, 1.165) is 12.0 Å². The van der Waals surface area contributed by atoms with E-state index in [1.54, 1.807) is 43.4 Å². The molecule has 0 aromatic heterocycles. The van der Waals surface area contributed by atoms with Crippen LogP contribution in [0.25, 0.3) is 0 Å². The number of amides is 2. The van der Waals surface area contributed by atoms with Crippen molar-refractivity contribution in [1.29, 1.82) is 0 Å². The summed E-state index contributed by atoms with van der Waals surface area (Å²) in [7, 11) is 3.20. The number of nitrogens with zero attached hydrogens (tertiary/aromatic N) is 1. The molecule has 0 aliphatic carbocycles. The van der Waals surface area contributed by atoms with Gasteiger partial charge in [0, 0.05) is 41.7 Å². The number of carbonyl (C=O) groups excluding carboxylic acids is 2. The fraction of sp³-hybridized carbons (Fsp3) is 0.391. The zero-order valence-electron chi connectivity index (χ0n) is 17.5. The van der Waals surface area contributed by atoms with E-state index in [2.05, 4.69) is 5.32 Å². The molecule has 2 atom stereocenters. The molecule has 1 fully saturated rings. The van der Waals surface area contributed by atoms with Crippen molar-refractivity contribution in [2.45, 2.75) is 19.3 Å². The average molecular weight is 431 g/mol. The van der Waals surface area contributed by atoms with E-state index >= 15 is 0 Å². The lowest BCUT2D eigenvalue weighted by atomic mass is 9.87. The van der Waals surface area contributed by atoms with Gasteiger partial charge in [-0.3, -0.25) is 9.59 Å². The van der Waals surface area contributed by atoms with Crippen LogP contribution in [0.4, 0.5) is 0 Å². The van der Waals surface area contributed by atoms with Crippen molar-refractivity contribution >= 4 is 23.4 Å². The molecule has 1 aliphatic rings. The summed E-state index contributed by atoms with van der Waals surface area (Å²) in [6, 6.07) is 12.4. The average Bonchev–Trinajstić information content (AvgIpc) is 3.21. The zero-order chi connectivity index (χ0) is 21.7. The number of methoxy groups -OCH3 is 2. The summed E-state index contributed by atoms with van der Waals surface area (Å²) in [5, 5.41) is 3.48. The normalized spacial score (nSPS) is 18.2. The van der Waals surface area contributed by atoms with Crippen LogP contribution in [0, 0.1) is 5.92 Å². The van der Waals surface area contributed by atoms with E-state index in [1.807, 2.05) is 25.1 Å². The summed E-state index contributed by atoms with van der Waals surface area (Å²) < 4.78 is 10.9. The van der Waals surface area contributed by atoms with E-state index in [9.17, 15) is 9.59 Å². The lowest BCUT2D eigenvalue weighted by Crippen LogP contribution is -2.36. The standard InChI is InChI=1S/C23H27ClN2O4/c1-4-10-25-22(27)20-14-26(23(28)15-6-5-7-16(24)11-15)13-19(20)18-12-17(29-2)8-9-21(18)30-3/h5-9,11-12,19-20H,4,10,13-14H2,1-3H3,(H,25,27)/t19-,20+/m0/s1. The highest BCUT2D eigenvalue weighted by Gasteiger charge is 2.41. The van der Waals surface area contributed by atoms with Crippen LogP contribution >= 0.6 is 11.6 Å². The van der Waals surface area contributed by atoms with Crippen LogP contribution in [0.2, 0.25) is 5.02 Å². The number of halogens is 1. The lowest BCUT2D eigenvalue weighted by molar-refractivity contribution is -0.124. The molecule has 1 N–H and O–H groups in total. The molecular weight excluding hydrogens is 404 g/mol. The molecule has 1 aliphatic heterocycles. The van der Waals surface area contributed by atoms with Crippen molar-refractivity contribution in [3.63, 3.8) is 0 Å². The minimum Gasteiger partial charge on any atom is -0.497 e. The predicted octanol–water partition coefficient (Wildman–Crippen LogP) is 3.74. The fourth-order valence-electron chi connectivity index (χ4n) is 3.86. The van der Waals surface area contributed by atoms with Crippen LogP contribution in [0.3, 0.4) is 0 Å². The van der Waals surface area contributed by atoms with Crippen LogP contribution in [-0.4, -0.2) is 50.6 Å². The second-order valence-corrected chi connectivity index (χ2v) is 7.77. The largest absolute Gasteiger partial charge is 0.497 e. The number of carbonyl (C=O) groups is 2. The van der Waals surface area contributed by atoms with Crippen molar-refractivity contribution in [2.24, 2.45) is 5.92 Å². The van der Waals surface area contributed by atoms with Crippen LogP contribution < -0.4 is 14.8 Å². The van der Waals surface area contributed by atoms with Crippen LogP contribution in [0.1, 0.15) is 35.2 Å². The molecule has 6 nitrogen and oxygen atoms in total. The Labute approximate surface area is 182 Å². The monoisotopic (exact) mass is 430 g/mol. The summed E-state index contributed by atoms with van der Waals surface area (Å²) >= 11 is 6.06. The molecule has 1 saturated heterocycles.